The van der Waals surface area contributed by atoms with Crippen LogP contribution in [0, 0.1) is 0 Å². The normalized spacial score (nSPS) is 23.4. The summed E-state index contributed by atoms with van der Waals surface area (Å²) in [5, 5.41) is 27.2. The molecule has 3 aromatic rings. The quantitative estimate of drug-likeness (QED) is 0.284. The van der Waals surface area contributed by atoms with Crippen molar-refractivity contribution in [1.82, 2.24) is 29.7 Å². The summed E-state index contributed by atoms with van der Waals surface area (Å²) in [7, 11) is 0. The second kappa shape index (κ2) is 11.4. The number of nitrogens with one attached hydrogen (secondary N) is 2. The van der Waals surface area contributed by atoms with Crippen molar-refractivity contribution < 1.29 is 24.5 Å². The lowest BCUT2D eigenvalue weighted by atomic mass is 10.1. The Morgan fingerprint density at radius 2 is 1.97 bits per heavy atom. The third kappa shape index (κ3) is 5.40. The Balaban J connectivity index is 1.34. The number of carbonyl (C=O) groups is 2. The fraction of sp³-hybridized carbons (Fsp3) is 0.458. The number of ether oxygens (including phenoxy) is 1. The number of rotatable bonds is 9. The average molecular weight is 564 g/mol. The van der Waals surface area contributed by atoms with Crippen LogP contribution in [0.5, 0.6) is 0 Å². The van der Waals surface area contributed by atoms with Crippen molar-refractivity contribution >= 4 is 52.0 Å². The summed E-state index contributed by atoms with van der Waals surface area (Å²) in [6.07, 6.45) is 2.04. The zero-order valence-corrected chi connectivity index (χ0v) is 21.8. The topological polar surface area (TPSA) is 155 Å². The molecule has 12 nitrogen and oxygen atoms in total. The van der Waals surface area contributed by atoms with Crippen molar-refractivity contribution in [2.75, 3.05) is 31.6 Å². The minimum Gasteiger partial charge on any atom is -0.394 e. The Bertz CT molecular complexity index is 1320. The smallest absolute Gasteiger partial charge is 0.251 e. The van der Waals surface area contributed by atoms with Gasteiger partial charge in [-0.15, -0.1) is 0 Å². The van der Waals surface area contributed by atoms with Crippen molar-refractivity contribution in [3.05, 3.63) is 46.5 Å². The first kappa shape index (κ1) is 26.6. The second-order valence-corrected chi connectivity index (χ2v) is 10.1. The number of aliphatic hydroxyl groups excluding tert-OH is 2. The highest BCUT2D eigenvalue weighted by molar-refractivity contribution is 6.35. The van der Waals surface area contributed by atoms with Crippen LogP contribution < -0.4 is 10.6 Å². The van der Waals surface area contributed by atoms with Crippen molar-refractivity contribution in [3.63, 3.8) is 0 Å². The van der Waals surface area contributed by atoms with Crippen LogP contribution in [0.4, 0.5) is 5.82 Å². The maximum Gasteiger partial charge on any atom is 0.251 e. The number of imidazole rings is 1. The molecule has 2 aliphatic heterocycles. The summed E-state index contributed by atoms with van der Waals surface area (Å²) in [5.74, 6) is 0.171. The largest absolute Gasteiger partial charge is 0.394 e. The summed E-state index contributed by atoms with van der Waals surface area (Å²) in [6, 6.07) is 3.48. The molecule has 38 heavy (non-hydrogen) atoms. The fourth-order valence-electron chi connectivity index (χ4n) is 4.79. The molecule has 0 aliphatic carbocycles. The number of hydrogen-bond donors (Lipinski definition) is 4. The molecule has 0 spiro atoms. The Labute approximate surface area is 227 Å². The first-order valence-corrected chi connectivity index (χ1v) is 13.0. The number of benzene rings is 1. The van der Waals surface area contributed by atoms with Crippen molar-refractivity contribution in [2.45, 2.75) is 43.7 Å². The molecule has 2 amide bonds. The van der Waals surface area contributed by atoms with Crippen molar-refractivity contribution in [2.24, 2.45) is 0 Å². The number of aromatic nitrogens is 4. The predicted molar refractivity (Wildman–Crippen MR) is 139 cm³/mol. The number of nitrogens with zero attached hydrogens (tertiary/aromatic N) is 5. The van der Waals surface area contributed by atoms with E-state index in [1.54, 1.807) is 4.57 Å². The van der Waals surface area contributed by atoms with E-state index in [9.17, 15) is 19.8 Å². The van der Waals surface area contributed by atoms with Gasteiger partial charge in [0.05, 0.1) is 12.9 Å². The average Bonchev–Trinajstić information content (AvgIpc) is 3.59. The molecular weight excluding hydrogens is 537 g/mol. The van der Waals surface area contributed by atoms with Gasteiger partial charge >= 0.3 is 0 Å². The SMILES string of the molecule is O=C(N[C@@H]1[C@H](O)[C@@H](CO)O[C@H]1n1cnc2c(NCCCN3CCCC3=O)ncnc21)c1cc(Cl)cc(Cl)c1. The van der Waals surface area contributed by atoms with Gasteiger partial charge in [0.2, 0.25) is 5.91 Å². The third-order valence-electron chi connectivity index (χ3n) is 6.67. The molecule has 14 heteroatoms. The number of halogens is 2. The summed E-state index contributed by atoms with van der Waals surface area (Å²) in [4.78, 5) is 39.7. The molecule has 4 atom stereocenters. The molecule has 2 aromatic heterocycles. The van der Waals surface area contributed by atoms with E-state index >= 15 is 0 Å². The van der Waals surface area contributed by atoms with E-state index in [0.29, 0.717) is 46.5 Å². The van der Waals surface area contributed by atoms with E-state index in [4.69, 9.17) is 27.9 Å². The van der Waals surface area contributed by atoms with Crippen LogP contribution >= 0.6 is 23.2 Å². The summed E-state index contributed by atoms with van der Waals surface area (Å²) < 4.78 is 7.50. The van der Waals surface area contributed by atoms with Gasteiger partial charge in [-0.3, -0.25) is 14.2 Å². The lowest BCUT2D eigenvalue weighted by Gasteiger charge is -2.23. The first-order valence-electron chi connectivity index (χ1n) is 12.3. The fourth-order valence-corrected chi connectivity index (χ4v) is 5.32. The number of aliphatic hydroxyl groups is 2. The molecule has 2 saturated heterocycles. The molecule has 0 bridgehead atoms. The van der Waals surface area contributed by atoms with Crippen LogP contribution in [0.2, 0.25) is 10.0 Å². The monoisotopic (exact) mass is 563 g/mol. The van der Waals surface area contributed by atoms with Gasteiger partial charge in [0.25, 0.3) is 5.91 Å². The number of amides is 2. The van der Waals surface area contributed by atoms with Gasteiger partial charge in [-0.2, -0.15) is 0 Å². The van der Waals surface area contributed by atoms with Gasteiger partial charge < -0.3 is 30.5 Å². The van der Waals surface area contributed by atoms with E-state index in [-0.39, 0.29) is 11.5 Å². The molecule has 0 radical (unpaired) electrons. The van der Waals surface area contributed by atoms with Crippen LogP contribution in [0.25, 0.3) is 11.2 Å². The molecule has 0 unspecified atom stereocenters. The van der Waals surface area contributed by atoms with Gasteiger partial charge in [-0.25, -0.2) is 15.0 Å². The number of carbonyl (C=O) groups excluding carboxylic acids is 2. The highest BCUT2D eigenvalue weighted by Crippen LogP contribution is 2.33. The Morgan fingerprint density at radius 3 is 2.68 bits per heavy atom. The Kier molecular flexibility index (Phi) is 7.96. The summed E-state index contributed by atoms with van der Waals surface area (Å²) in [5.41, 5.74) is 1.10. The lowest BCUT2D eigenvalue weighted by molar-refractivity contribution is -0.127. The first-order chi connectivity index (χ1) is 18.4. The molecular formula is C24H27Cl2N7O5. The molecule has 2 aliphatic rings. The van der Waals surface area contributed by atoms with E-state index < -0.39 is 37.0 Å². The van der Waals surface area contributed by atoms with Crippen LogP contribution in [0.1, 0.15) is 35.8 Å². The van der Waals surface area contributed by atoms with E-state index in [1.807, 2.05) is 4.90 Å². The molecule has 4 N–H and O–H groups in total. The Hall–Kier alpha value is -3.03. The highest BCUT2D eigenvalue weighted by Gasteiger charge is 2.46. The molecule has 5 rings (SSSR count). The van der Waals surface area contributed by atoms with Crippen LogP contribution in [0.3, 0.4) is 0 Å². The van der Waals surface area contributed by atoms with Gasteiger partial charge in [-0.1, -0.05) is 23.2 Å². The Morgan fingerprint density at radius 1 is 1.18 bits per heavy atom. The lowest BCUT2D eigenvalue weighted by Crippen LogP contribution is -2.46. The zero-order chi connectivity index (χ0) is 26.8. The molecule has 0 saturated carbocycles. The van der Waals surface area contributed by atoms with Gasteiger partial charge in [0.15, 0.2) is 23.2 Å². The van der Waals surface area contributed by atoms with Gasteiger partial charge in [0, 0.05) is 41.7 Å². The van der Waals surface area contributed by atoms with Gasteiger partial charge in [-0.05, 0) is 31.0 Å². The minimum atomic E-state index is -1.21. The van der Waals surface area contributed by atoms with Crippen LogP contribution in [0.15, 0.2) is 30.9 Å². The van der Waals surface area contributed by atoms with Gasteiger partial charge in [0.1, 0.15) is 24.6 Å². The molecule has 202 valence electrons. The predicted octanol–water partition coefficient (Wildman–Crippen LogP) is 1.61. The zero-order valence-electron chi connectivity index (χ0n) is 20.3. The van der Waals surface area contributed by atoms with Crippen molar-refractivity contribution in [1.29, 1.82) is 0 Å². The third-order valence-corrected chi connectivity index (χ3v) is 7.11. The van der Waals surface area contributed by atoms with Crippen molar-refractivity contribution in [3.8, 4) is 0 Å². The molecule has 1 aromatic carbocycles. The summed E-state index contributed by atoms with van der Waals surface area (Å²) >= 11 is 12.1. The number of anilines is 1. The summed E-state index contributed by atoms with van der Waals surface area (Å²) in [6.45, 7) is 1.59. The van der Waals surface area contributed by atoms with E-state index in [1.165, 1.54) is 30.9 Å². The van der Waals surface area contributed by atoms with E-state index in [2.05, 4.69) is 25.6 Å². The van der Waals surface area contributed by atoms with E-state index in [0.717, 1.165) is 19.4 Å². The standard InChI is InChI=1S/C24H27Cl2N7O5/c25-14-7-13(8-15(26)9-14)23(37)31-18-20(36)16(10-34)38-24(18)33-12-30-19-21(28-11-29-22(19)33)27-4-2-6-32-5-1-3-17(32)35/h7-9,11-12,16,18,20,24,34,36H,1-6,10H2,(H,31,37)(H,27,28,29)/t16-,18-,20-,24-/m1/s1. The molecule has 4 heterocycles. The van der Waals surface area contributed by atoms with Crippen LogP contribution in [-0.2, 0) is 9.53 Å². The number of hydrogen-bond acceptors (Lipinski definition) is 9. The number of fused-ring (bicyclic) bond motifs is 1. The maximum atomic E-state index is 13.0. The maximum absolute atomic E-state index is 13.0. The van der Waals surface area contributed by atoms with Crippen LogP contribution in [-0.4, -0.2) is 90.9 Å². The highest BCUT2D eigenvalue weighted by atomic mass is 35.5. The number of likely N-dealkylation sites (tertiary alicyclic amines) is 1. The minimum absolute atomic E-state index is 0.188. The molecule has 2 fully saturated rings. The second-order valence-electron chi connectivity index (χ2n) is 9.21.